The summed E-state index contributed by atoms with van der Waals surface area (Å²) in [6.45, 7) is 0.374. The maximum absolute atomic E-state index is 13.4. The second-order valence-electron chi connectivity index (χ2n) is 3.40. The summed E-state index contributed by atoms with van der Waals surface area (Å²) in [4.78, 5) is 0. The van der Waals surface area contributed by atoms with Gasteiger partial charge in [-0.05, 0) is 6.07 Å². The van der Waals surface area contributed by atoms with Gasteiger partial charge in [0.05, 0.1) is 18.8 Å². The van der Waals surface area contributed by atoms with Crippen molar-refractivity contribution >= 4 is 0 Å². The molecule has 1 saturated heterocycles. The molecule has 1 aromatic rings. The monoisotopic (exact) mass is 254 g/mol. The Bertz CT molecular complexity index is 423. The van der Waals surface area contributed by atoms with E-state index in [0.29, 0.717) is 6.07 Å². The Morgan fingerprint density at radius 3 is 2.12 bits per heavy atom. The number of rotatable bonds is 1. The largest absolute Gasteiger partial charge is 0.419 e. The molecule has 0 spiro atoms. The molecule has 0 amide bonds. The van der Waals surface area contributed by atoms with Crippen molar-refractivity contribution in [3.63, 3.8) is 0 Å². The van der Waals surface area contributed by atoms with Crippen molar-refractivity contribution in [2.24, 2.45) is 0 Å². The van der Waals surface area contributed by atoms with E-state index in [4.69, 9.17) is 9.47 Å². The molecule has 1 aliphatic rings. The van der Waals surface area contributed by atoms with Crippen molar-refractivity contribution in [2.75, 3.05) is 13.2 Å². The molecular weight excluding hydrogens is 247 g/mol. The van der Waals surface area contributed by atoms with Crippen molar-refractivity contribution in [1.82, 2.24) is 0 Å². The van der Waals surface area contributed by atoms with Crippen molar-refractivity contribution < 1.29 is 31.4 Å². The van der Waals surface area contributed by atoms with E-state index in [0.717, 1.165) is 6.07 Å². The first kappa shape index (κ1) is 12.3. The molecule has 1 fully saturated rings. The maximum Gasteiger partial charge on any atom is 0.419 e. The minimum absolute atomic E-state index is 0.187. The fourth-order valence-electron chi connectivity index (χ4n) is 1.50. The minimum Gasteiger partial charge on any atom is -0.346 e. The van der Waals surface area contributed by atoms with Crippen LogP contribution in [0.2, 0.25) is 0 Å². The van der Waals surface area contributed by atoms with Gasteiger partial charge in [-0.15, -0.1) is 0 Å². The first-order valence-corrected chi connectivity index (χ1v) is 4.69. The number of alkyl halides is 3. The average Bonchev–Trinajstić information content (AvgIpc) is 2.73. The molecule has 1 aliphatic heterocycles. The van der Waals surface area contributed by atoms with Gasteiger partial charge in [0.25, 0.3) is 0 Å². The molecule has 17 heavy (non-hydrogen) atoms. The quantitative estimate of drug-likeness (QED) is 0.717. The standard InChI is InChI=1S/C10H7F5O2/c11-7-5(9-16-3-4-17-9)1-2-6(8(7)12)10(13,14)15/h1-2,9H,3-4H2. The lowest BCUT2D eigenvalue weighted by molar-refractivity contribution is -0.140. The molecule has 0 unspecified atom stereocenters. The van der Waals surface area contributed by atoms with Crippen molar-refractivity contribution in [3.05, 3.63) is 34.9 Å². The van der Waals surface area contributed by atoms with Gasteiger partial charge in [0.1, 0.15) is 0 Å². The van der Waals surface area contributed by atoms with E-state index in [-0.39, 0.29) is 18.8 Å². The first-order valence-electron chi connectivity index (χ1n) is 4.69. The van der Waals surface area contributed by atoms with E-state index >= 15 is 0 Å². The van der Waals surface area contributed by atoms with E-state index in [1.54, 1.807) is 0 Å². The van der Waals surface area contributed by atoms with Crippen LogP contribution in [0.25, 0.3) is 0 Å². The lowest BCUT2D eigenvalue weighted by Crippen LogP contribution is -2.12. The SMILES string of the molecule is Fc1c(C2OCCO2)ccc(C(F)(F)F)c1F. The van der Waals surface area contributed by atoms with Crippen LogP contribution in [0.4, 0.5) is 22.0 Å². The van der Waals surface area contributed by atoms with Gasteiger partial charge in [0.2, 0.25) is 0 Å². The zero-order valence-electron chi connectivity index (χ0n) is 8.35. The predicted octanol–water partition coefficient (Wildman–Crippen LogP) is 3.03. The van der Waals surface area contributed by atoms with Crippen LogP contribution in [0.3, 0.4) is 0 Å². The summed E-state index contributed by atoms with van der Waals surface area (Å²) in [6, 6.07) is 1.29. The van der Waals surface area contributed by atoms with E-state index < -0.39 is 29.7 Å². The summed E-state index contributed by atoms with van der Waals surface area (Å²) in [6.07, 6.45) is -6.08. The van der Waals surface area contributed by atoms with Gasteiger partial charge < -0.3 is 9.47 Å². The van der Waals surface area contributed by atoms with E-state index in [9.17, 15) is 22.0 Å². The van der Waals surface area contributed by atoms with Gasteiger partial charge in [-0.2, -0.15) is 13.2 Å². The van der Waals surface area contributed by atoms with Crippen LogP contribution in [-0.4, -0.2) is 13.2 Å². The van der Waals surface area contributed by atoms with Crippen LogP contribution in [-0.2, 0) is 15.7 Å². The van der Waals surface area contributed by atoms with Crippen molar-refractivity contribution in [3.8, 4) is 0 Å². The summed E-state index contributed by atoms with van der Waals surface area (Å²) < 4.78 is 73.2. The first-order chi connectivity index (χ1) is 7.91. The van der Waals surface area contributed by atoms with E-state index in [2.05, 4.69) is 0 Å². The number of hydrogen-bond donors (Lipinski definition) is 0. The molecular formula is C10H7F5O2. The Hall–Kier alpha value is -1.21. The van der Waals surface area contributed by atoms with Crippen molar-refractivity contribution in [1.29, 1.82) is 0 Å². The molecule has 94 valence electrons. The highest BCUT2D eigenvalue weighted by Gasteiger charge is 2.37. The van der Waals surface area contributed by atoms with Gasteiger partial charge in [0.15, 0.2) is 17.9 Å². The molecule has 1 aromatic carbocycles. The Kier molecular flexibility index (Phi) is 3.05. The molecule has 0 aromatic heterocycles. The van der Waals surface area contributed by atoms with Crippen LogP contribution < -0.4 is 0 Å². The summed E-state index contributed by atoms with van der Waals surface area (Å²) in [5, 5.41) is 0. The summed E-state index contributed by atoms with van der Waals surface area (Å²) in [5.74, 6) is -3.53. The number of ether oxygens (including phenoxy) is 2. The van der Waals surface area contributed by atoms with E-state index in [1.807, 2.05) is 0 Å². The van der Waals surface area contributed by atoms with Gasteiger partial charge in [0, 0.05) is 5.56 Å². The Morgan fingerprint density at radius 2 is 1.59 bits per heavy atom. The third-order valence-electron chi connectivity index (χ3n) is 2.29. The third kappa shape index (κ3) is 2.25. The highest BCUT2D eigenvalue weighted by Crippen LogP contribution is 2.35. The van der Waals surface area contributed by atoms with Gasteiger partial charge in [-0.1, -0.05) is 6.07 Å². The second-order valence-corrected chi connectivity index (χ2v) is 3.40. The van der Waals surface area contributed by atoms with Crippen LogP contribution in [0.1, 0.15) is 17.4 Å². The minimum atomic E-state index is -4.93. The zero-order chi connectivity index (χ0) is 12.6. The van der Waals surface area contributed by atoms with Gasteiger partial charge >= 0.3 is 6.18 Å². The molecule has 2 rings (SSSR count). The van der Waals surface area contributed by atoms with Gasteiger partial charge in [-0.3, -0.25) is 0 Å². The van der Waals surface area contributed by atoms with Crippen LogP contribution in [0.5, 0.6) is 0 Å². The fourth-order valence-corrected chi connectivity index (χ4v) is 1.50. The number of halogens is 5. The Labute approximate surface area is 92.9 Å². The highest BCUT2D eigenvalue weighted by atomic mass is 19.4. The summed E-state index contributed by atoms with van der Waals surface area (Å²) in [7, 11) is 0. The maximum atomic E-state index is 13.4. The molecule has 0 bridgehead atoms. The van der Waals surface area contributed by atoms with Gasteiger partial charge in [-0.25, -0.2) is 8.78 Å². The van der Waals surface area contributed by atoms with Crippen LogP contribution in [0, 0.1) is 11.6 Å². The average molecular weight is 254 g/mol. The molecule has 0 atom stereocenters. The highest BCUT2D eigenvalue weighted by molar-refractivity contribution is 5.29. The summed E-state index contributed by atoms with van der Waals surface area (Å²) >= 11 is 0. The Balaban J connectivity index is 2.42. The third-order valence-corrected chi connectivity index (χ3v) is 2.29. The number of hydrogen-bond acceptors (Lipinski definition) is 2. The topological polar surface area (TPSA) is 18.5 Å². The molecule has 0 radical (unpaired) electrons. The predicted molar refractivity (Wildman–Crippen MR) is 46.0 cm³/mol. The molecule has 0 saturated carbocycles. The van der Waals surface area contributed by atoms with Crippen LogP contribution >= 0.6 is 0 Å². The fraction of sp³-hybridized carbons (Fsp3) is 0.400. The normalized spacial score (nSPS) is 17.7. The second kappa shape index (κ2) is 4.23. The smallest absolute Gasteiger partial charge is 0.346 e. The zero-order valence-corrected chi connectivity index (χ0v) is 8.35. The lowest BCUT2D eigenvalue weighted by atomic mass is 10.1. The molecule has 7 heteroatoms. The Morgan fingerprint density at radius 1 is 1.00 bits per heavy atom. The molecule has 2 nitrogen and oxygen atoms in total. The van der Waals surface area contributed by atoms with E-state index in [1.165, 1.54) is 0 Å². The number of benzene rings is 1. The van der Waals surface area contributed by atoms with Crippen molar-refractivity contribution in [2.45, 2.75) is 12.5 Å². The van der Waals surface area contributed by atoms with Crippen LogP contribution in [0.15, 0.2) is 12.1 Å². The molecule has 0 N–H and O–H groups in total. The lowest BCUT2D eigenvalue weighted by Gasteiger charge is -2.14. The molecule has 0 aliphatic carbocycles. The molecule has 1 heterocycles. The summed E-state index contributed by atoms with van der Waals surface area (Å²) in [5.41, 5.74) is -2.01.